The van der Waals surface area contributed by atoms with Crippen LogP contribution in [0.3, 0.4) is 0 Å². The summed E-state index contributed by atoms with van der Waals surface area (Å²) in [5.41, 5.74) is 2.71. The number of halogens is 1. The van der Waals surface area contributed by atoms with Crippen LogP contribution >= 0.6 is 15.9 Å². The van der Waals surface area contributed by atoms with Crippen LogP contribution in [0.1, 0.15) is 47.7 Å². The predicted octanol–water partition coefficient (Wildman–Crippen LogP) is 6.16. The Morgan fingerprint density at radius 1 is 0.919 bits per heavy atom. The highest BCUT2D eigenvalue weighted by molar-refractivity contribution is 9.10. The molecule has 4 rings (SSSR count). The maximum atomic E-state index is 13.8. The van der Waals surface area contributed by atoms with Gasteiger partial charge in [0.1, 0.15) is 12.4 Å². The quantitative estimate of drug-likeness (QED) is 0.374. The number of carbonyl (C=O) groups is 2. The summed E-state index contributed by atoms with van der Waals surface area (Å²) in [6.45, 7) is 4.33. The molecule has 0 aromatic heterocycles. The smallest absolute Gasteiger partial charge is 0.257 e. The van der Waals surface area contributed by atoms with E-state index in [4.69, 9.17) is 4.74 Å². The number of fused-ring (bicyclic) bond motifs is 1. The molecule has 1 aliphatic rings. The Balaban J connectivity index is 1.66. The van der Waals surface area contributed by atoms with Crippen molar-refractivity contribution in [3.63, 3.8) is 0 Å². The average Bonchev–Trinajstić information content (AvgIpc) is 2.93. The Hall–Kier alpha value is -3.12. The van der Waals surface area contributed by atoms with Crippen molar-refractivity contribution in [1.29, 1.82) is 0 Å². The molecule has 0 unspecified atom stereocenters. The summed E-state index contributed by atoms with van der Waals surface area (Å²) in [6.07, 6.45) is 3.73. The Morgan fingerprint density at radius 3 is 2.41 bits per heavy atom. The highest BCUT2D eigenvalue weighted by Gasteiger charge is 2.27. The number of amides is 2. The summed E-state index contributed by atoms with van der Waals surface area (Å²) < 4.78 is 7.29. The molecule has 1 heterocycles. The van der Waals surface area contributed by atoms with Crippen LogP contribution in [0, 0.1) is 0 Å². The van der Waals surface area contributed by atoms with Gasteiger partial charge in [0.2, 0.25) is 5.91 Å². The van der Waals surface area contributed by atoms with Gasteiger partial charge in [0.05, 0.1) is 18.0 Å². The second-order valence-electron chi connectivity index (χ2n) is 9.45. The van der Waals surface area contributed by atoms with Crippen LogP contribution in [0.15, 0.2) is 83.3 Å². The largest absolute Gasteiger partial charge is 0.491 e. The summed E-state index contributed by atoms with van der Waals surface area (Å²) in [6, 6.07) is 25.4. The predicted molar refractivity (Wildman–Crippen MR) is 151 cm³/mol. The van der Waals surface area contributed by atoms with Gasteiger partial charge in [0.25, 0.3) is 5.91 Å². The van der Waals surface area contributed by atoms with E-state index in [0.29, 0.717) is 50.4 Å². The van der Waals surface area contributed by atoms with Gasteiger partial charge < -0.3 is 14.5 Å². The molecule has 0 fully saturated rings. The molecule has 0 aliphatic carbocycles. The molecule has 5 nitrogen and oxygen atoms in total. The summed E-state index contributed by atoms with van der Waals surface area (Å²) in [7, 11) is 0. The highest BCUT2D eigenvalue weighted by Crippen LogP contribution is 2.24. The van der Waals surface area contributed by atoms with Crippen molar-refractivity contribution in [2.45, 2.75) is 45.1 Å². The van der Waals surface area contributed by atoms with Crippen molar-refractivity contribution in [2.24, 2.45) is 0 Å². The van der Waals surface area contributed by atoms with Gasteiger partial charge in [0, 0.05) is 24.1 Å². The SMILES string of the molecule is CCN1CCCCCN(C(=O)Cc2ccccc2Br)[C@H](Cc2ccccc2)COc2ccccc2C1=O. The molecule has 0 saturated heterocycles. The molecule has 0 spiro atoms. The standard InChI is InChI=1S/C31H35BrN2O3/c1-2-33-19-11-4-12-20-34(30(35)22-25-15-7-9-17-28(25)32)26(21-24-13-5-3-6-14-24)23-37-29-18-10-8-16-27(29)31(33)36/h3,5-10,13-18,26H,2,4,11-12,19-23H2,1H3/t26-/m1/s1. The van der Waals surface area contributed by atoms with E-state index in [1.54, 1.807) is 0 Å². The topological polar surface area (TPSA) is 49.9 Å². The summed E-state index contributed by atoms with van der Waals surface area (Å²) in [5.74, 6) is 0.658. The van der Waals surface area contributed by atoms with E-state index < -0.39 is 0 Å². The molecule has 0 saturated carbocycles. The van der Waals surface area contributed by atoms with Gasteiger partial charge in [-0.3, -0.25) is 9.59 Å². The number of hydrogen-bond donors (Lipinski definition) is 0. The van der Waals surface area contributed by atoms with Crippen LogP contribution in [-0.4, -0.2) is 53.9 Å². The zero-order valence-corrected chi connectivity index (χ0v) is 23.0. The Bertz CT molecular complexity index is 1180. The van der Waals surface area contributed by atoms with E-state index in [1.165, 1.54) is 0 Å². The lowest BCUT2D eigenvalue weighted by Crippen LogP contribution is -2.46. The number of carbonyl (C=O) groups excluding carboxylic acids is 2. The minimum atomic E-state index is -0.163. The second kappa shape index (κ2) is 13.4. The lowest BCUT2D eigenvalue weighted by molar-refractivity contribution is -0.133. The van der Waals surface area contributed by atoms with E-state index in [2.05, 4.69) is 28.1 Å². The number of hydrogen-bond acceptors (Lipinski definition) is 3. The van der Waals surface area contributed by atoms with E-state index in [1.807, 2.05) is 83.5 Å². The van der Waals surface area contributed by atoms with Crippen LogP contribution in [-0.2, 0) is 17.6 Å². The molecule has 3 aromatic carbocycles. The molecule has 6 heteroatoms. The van der Waals surface area contributed by atoms with Crippen molar-refractivity contribution < 1.29 is 14.3 Å². The van der Waals surface area contributed by atoms with Crippen LogP contribution in [0.2, 0.25) is 0 Å². The van der Waals surface area contributed by atoms with E-state index >= 15 is 0 Å². The molecule has 194 valence electrons. The first-order chi connectivity index (χ1) is 18.1. The second-order valence-corrected chi connectivity index (χ2v) is 10.3. The zero-order chi connectivity index (χ0) is 26.0. The average molecular weight is 564 g/mol. The molecule has 37 heavy (non-hydrogen) atoms. The van der Waals surface area contributed by atoms with Crippen LogP contribution in [0.25, 0.3) is 0 Å². The Kier molecular flexibility index (Phi) is 9.78. The zero-order valence-electron chi connectivity index (χ0n) is 21.4. The van der Waals surface area contributed by atoms with Crippen molar-refractivity contribution in [2.75, 3.05) is 26.2 Å². The number of rotatable bonds is 5. The molecular formula is C31H35BrN2O3. The maximum absolute atomic E-state index is 13.8. The summed E-state index contributed by atoms with van der Waals surface area (Å²) >= 11 is 3.60. The molecule has 0 bridgehead atoms. The highest BCUT2D eigenvalue weighted by atomic mass is 79.9. The van der Waals surface area contributed by atoms with Gasteiger partial charge in [-0.25, -0.2) is 0 Å². The van der Waals surface area contributed by atoms with E-state index in [-0.39, 0.29) is 17.9 Å². The van der Waals surface area contributed by atoms with Gasteiger partial charge in [-0.1, -0.05) is 76.6 Å². The number of nitrogens with zero attached hydrogens (tertiary/aromatic N) is 2. The normalized spacial score (nSPS) is 17.1. The van der Waals surface area contributed by atoms with Crippen molar-refractivity contribution in [3.8, 4) is 5.75 Å². The number of ether oxygens (including phenoxy) is 1. The molecule has 1 aliphatic heterocycles. The summed E-state index contributed by atoms with van der Waals surface area (Å²) in [5, 5.41) is 0. The van der Waals surface area contributed by atoms with Gasteiger partial charge in [-0.05, 0) is 61.9 Å². The third-order valence-corrected chi connectivity index (χ3v) is 7.69. The fourth-order valence-corrected chi connectivity index (χ4v) is 5.28. The lowest BCUT2D eigenvalue weighted by atomic mass is 10.0. The van der Waals surface area contributed by atoms with Gasteiger partial charge in [-0.15, -0.1) is 0 Å². The fourth-order valence-electron chi connectivity index (χ4n) is 4.85. The van der Waals surface area contributed by atoms with Crippen LogP contribution < -0.4 is 4.74 Å². The molecule has 3 aromatic rings. The number of para-hydroxylation sites is 1. The van der Waals surface area contributed by atoms with E-state index in [9.17, 15) is 9.59 Å². The Morgan fingerprint density at radius 2 is 1.62 bits per heavy atom. The third kappa shape index (κ3) is 7.22. The molecule has 2 amide bonds. The first kappa shape index (κ1) is 26.9. The number of benzene rings is 3. The minimum absolute atomic E-state index is 0.00110. The molecule has 1 atom stereocenters. The Labute approximate surface area is 228 Å². The van der Waals surface area contributed by atoms with Crippen molar-refractivity contribution in [1.82, 2.24) is 9.80 Å². The lowest BCUT2D eigenvalue weighted by Gasteiger charge is -2.32. The molecule has 0 N–H and O–H groups in total. The van der Waals surface area contributed by atoms with Crippen LogP contribution in [0.5, 0.6) is 5.75 Å². The summed E-state index contributed by atoms with van der Waals surface area (Å²) in [4.78, 5) is 31.0. The first-order valence-electron chi connectivity index (χ1n) is 13.1. The first-order valence-corrected chi connectivity index (χ1v) is 13.9. The van der Waals surface area contributed by atoms with Gasteiger partial charge >= 0.3 is 0 Å². The third-order valence-electron chi connectivity index (χ3n) is 6.92. The molecular weight excluding hydrogens is 528 g/mol. The maximum Gasteiger partial charge on any atom is 0.257 e. The van der Waals surface area contributed by atoms with Crippen molar-refractivity contribution >= 4 is 27.7 Å². The van der Waals surface area contributed by atoms with Gasteiger partial charge in [-0.2, -0.15) is 0 Å². The van der Waals surface area contributed by atoms with Gasteiger partial charge in [0.15, 0.2) is 0 Å². The molecule has 0 radical (unpaired) electrons. The minimum Gasteiger partial charge on any atom is -0.491 e. The monoisotopic (exact) mass is 562 g/mol. The van der Waals surface area contributed by atoms with Crippen molar-refractivity contribution in [3.05, 3.63) is 100 Å². The van der Waals surface area contributed by atoms with E-state index in [0.717, 1.165) is 34.9 Å². The fraction of sp³-hybridized carbons (Fsp3) is 0.355. The van der Waals surface area contributed by atoms with Crippen LogP contribution in [0.4, 0.5) is 0 Å².